The summed E-state index contributed by atoms with van der Waals surface area (Å²) in [5.74, 6) is 0.228. The molecule has 0 radical (unpaired) electrons. The lowest BCUT2D eigenvalue weighted by Crippen LogP contribution is -2.30. The van der Waals surface area contributed by atoms with Crippen LogP contribution in [-0.2, 0) is 14.8 Å². The predicted octanol–water partition coefficient (Wildman–Crippen LogP) is 2.65. The third-order valence-corrected chi connectivity index (χ3v) is 5.60. The zero-order chi connectivity index (χ0) is 18.6. The summed E-state index contributed by atoms with van der Waals surface area (Å²) in [6.07, 6.45) is -0.724. The number of hydrogen-bond donors (Lipinski definition) is 1. The Labute approximate surface area is 148 Å². The molecule has 0 fully saturated rings. The molecule has 1 N–H and O–H groups in total. The smallest absolute Gasteiger partial charge is 0.265 e. The highest BCUT2D eigenvalue weighted by atomic mass is 32.2. The molecule has 0 heterocycles. The van der Waals surface area contributed by atoms with Gasteiger partial charge in [-0.3, -0.25) is 4.79 Å². The number of amides is 1. The molecule has 0 aliphatic carbocycles. The second kappa shape index (κ2) is 7.67. The normalized spacial score (nSPS) is 12.7. The number of carbonyl (C=O) groups excluding carboxylic acids is 1. The molecule has 25 heavy (non-hydrogen) atoms. The number of anilines is 1. The number of para-hydroxylation sites is 1. The number of aryl methyl sites for hydroxylation is 1. The summed E-state index contributed by atoms with van der Waals surface area (Å²) in [6, 6.07) is 13.8. The van der Waals surface area contributed by atoms with Gasteiger partial charge >= 0.3 is 0 Å². The van der Waals surface area contributed by atoms with Gasteiger partial charge < -0.3 is 10.1 Å². The van der Waals surface area contributed by atoms with Crippen LogP contribution in [0.3, 0.4) is 0 Å². The molecule has 2 aromatic carbocycles. The van der Waals surface area contributed by atoms with Crippen LogP contribution in [0.5, 0.6) is 5.75 Å². The highest BCUT2D eigenvalue weighted by molar-refractivity contribution is 7.89. The molecule has 6 nitrogen and oxygen atoms in total. The summed E-state index contributed by atoms with van der Waals surface area (Å²) in [5, 5.41) is 2.69. The molecule has 0 aliphatic rings. The molecular formula is C18H22N2O4S. The molecule has 1 atom stereocenters. The molecule has 0 spiro atoms. The number of nitrogens with zero attached hydrogens (tertiary/aromatic N) is 1. The summed E-state index contributed by atoms with van der Waals surface area (Å²) < 4.78 is 31.4. The number of rotatable bonds is 6. The molecule has 1 amide bonds. The monoisotopic (exact) mass is 362 g/mol. The molecular weight excluding hydrogens is 340 g/mol. The van der Waals surface area contributed by atoms with E-state index in [1.807, 2.05) is 18.2 Å². The zero-order valence-electron chi connectivity index (χ0n) is 14.7. The van der Waals surface area contributed by atoms with E-state index < -0.39 is 16.1 Å². The van der Waals surface area contributed by atoms with E-state index in [9.17, 15) is 13.2 Å². The largest absolute Gasteiger partial charge is 0.481 e. The van der Waals surface area contributed by atoms with Crippen LogP contribution in [-0.4, -0.2) is 38.8 Å². The highest BCUT2D eigenvalue weighted by Gasteiger charge is 2.21. The lowest BCUT2D eigenvalue weighted by molar-refractivity contribution is -0.122. The van der Waals surface area contributed by atoms with Gasteiger partial charge in [0.15, 0.2) is 6.10 Å². The van der Waals surface area contributed by atoms with Gasteiger partial charge in [0.25, 0.3) is 5.91 Å². The summed E-state index contributed by atoms with van der Waals surface area (Å²) >= 11 is 0. The van der Waals surface area contributed by atoms with Crippen molar-refractivity contribution in [1.82, 2.24) is 4.31 Å². The minimum absolute atomic E-state index is 0.159. The van der Waals surface area contributed by atoms with Gasteiger partial charge in [0.1, 0.15) is 5.75 Å². The second-order valence-corrected chi connectivity index (χ2v) is 7.95. The van der Waals surface area contributed by atoms with Gasteiger partial charge in [-0.25, -0.2) is 12.7 Å². The maximum Gasteiger partial charge on any atom is 0.265 e. The molecule has 7 heteroatoms. The standard InChI is InChI=1S/C18H22N2O4S/c1-13-10-11-15(12-17(13)25(22,23)20(3)4)19-18(21)14(2)24-16-8-6-5-7-9-16/h5-12,14H,1-4H3,(H,19,21)/t14-/m0/s1. The van der Waals surface area contributed by atoms with Gasteiger partial charge in [0.05, 0.1) is 4.90 Å². The fraction of sp³-hybridized carbons (Fsp3) is 0.278. The van der Waals surface area contributed by atoms with Crippen LogP contribution in [0.2, 0.25) is 0 Å². The van der Waals surface area contributed by atoms with Crippen LogP contribution in [0.1, 0.15) is 12.5 Å². The van der Waals surface area contributed by atoms with E-state index in [4.69, 9.17) is 4.74 Å². The summed E-state index contributed by atoms with van der Waals surface area (Å²) in [6.45, 7) is 3.34. The molecule has 0 aliphatic heterocycles. The van der Waals surface area contributed by atoms with Crippen molar-refractivity contribution in [2.45, 2.75) is 24.8 Å². The van der Waals surface area contributed by atoms with Crippen molar-refractivity contribution >= 4 is 21.6 Å². The topological polar surface area (TPSA) is 75.7 Å². The van der Waals surface area contributed by atoms with Crippen molar-refractivity contribution < 1.29 is 17.9 Å². The summed E-state index contributed by atoms with van der Waals surface area (Å²) in [7, 11) is -0.648. The fourth-order valence-electron chi connectivity index (χ4n) is 2.15. The van der Waals surface area contributed by atoms with E-state index in [1.54, 1.807) is 38.1 Å². The maximum atomic E-state index is 12.4. The van der Waals surface area contributed by atoms with Crippen molar-refractivity contribution in [2.75, 3.05) is 19.4 Å². The van der Waals surface area contributed by atoms with Gasteiger partial charge in [-0.05, 0) is 43.7 Å². The summed E-state index contributed by atoms with van der Waals surface area (Å²) in [5.41, 5.74) is 1.01. The van der Waals surface area contributed by atoms with Gasteiger partial charge in [-0.1, -0.05) is 24.3 Å². The van der Waals surface area contributed by atoms with E-state index >= 15 is 0 Å². The number of nitrogens with one attached hydrogen (secondary N) is 1. The average molecular weight is 362 g/mol. The Morgan fingerprint density at radius 2 is 1.76 bits per heavy atom. The molecule has 0 bridgehead atoms. The van der Waals surface area contributed by atoms with Crippen LogP contribution in [0.4, 0.5) is 5.69 Å². The summed E-state index contributed by atoms with van der Waals surface area (Å²) in [4.78, 5) is 12.5. The van der Waals surface area contributed by atoms with Gasteiger partial charge in [0, 0.05) is 19.8 Å². The minimum atomic E-state index is -3.58. The second-order valence-electron chi connectivity index (χ2n) is 5.83. The molecule has 0 unspecified atom stereocenters. The number of hydrogen-bond acceptors (Lipinski definition) is 4. The third-order valence-electron chi connectivity index (χ3n) is 3.64. The first-order chi connectivity index (χ1) is 11.7. The van der Waals surface area contributed by atoms with E-state index in [2.05, 4.69) is 5.32 Å². The van der Waals surface area contributed by atoms with E-state index in [0.717, 1.165) is 4.31 Å². The lowest BCUT2D eigenvalue weighted by atomic mass is 10.2. The molecule has 0 aromatic heterocycles. The SMILES string of the molecule is Cc1ccc(NC(=O)[C@H](C)Oc2ccccc2)cc1S(=O)(=O)N(C)C. The maximum absolute atomic E-state index is 12.4. The fourth-order valence-corrected chi connectivity index (χ4v) is 3.30. The number of benzene rings is 2. The van der Waals surface area contributed by atoms with E-state index in [-0.39, 0.29) is 10.8 Å². The Morgan fingerprint density at radius 3 is 2.36 bits per heavy atom. The van der Waals surface area contributed by atoms with Crippen molar-refractivity contribution in [3.05, 3.63) is 54.1 Å². The van der Waals surface area contributed by atoms with Gasteiger partial charge in [-0.2, -0.15) is 0 Å². The first-order valence-corrected chi connectivity index (χ1v) is 9.21. The zero-order valence-corrected chi connectivity index (χ0v) is 15.5. The van der Waals surface area contributed by atoms with E-state index in [1.165, 1.54) is 20.2 Å². The van der Waals surface area contributed by atoms with Crippen molar-refractivity contribution in [1.29, 1.82) is 0 Å². The van der Waals surface area contributed by atoms with Crippen LogP contribution in [0.15, 0.2) is 53.4 Å². The Bertz CT molecular complexity index is 849. The first kappa shape index (κ1) is 19.0. The molecule has 2 aromatic rings. The lowest BCUT2D eigenvalue weighted by Gasteiger charge is -2.17. The predicted molar refractivity (Wildman–Crippen MR) is 97.2 cm³/mol. The molecule has 134 valence electrons. The quantitative estimate of drug-likeness (QED) is 0.857. The Hall–Kier alpha value is -2.38. The van der Waals surface area contributed by atoms with Crippen LogP contribution >= 0.6 is 0 Å². The molecule has 2 rings (SSSR count). The van der Waals surface area contributed by atoms with Crippen molar-refractivity contribution in [3.63, 3.8) is 0 Å². The molecule has 0 saturated carbocycles. The Balaban J connectivity index is 2.16. The van der Waals surface area contributed by atoms with Crippen molar-refractivity contribution in [3.8, 4) is 5.75 Å². The van der Waals surface area contributed by atoms with Crippen LogP contribution in [0, 0.1) is 6.92 Å². The highest BCUT2D eigenvalue weighted by Crippen LogP contribution is 2.22. The first-order valence-electron chi connectivity index (χ1n) is 7.77. The number of ether oxygens (including phenoxy) is 1. The van der Waals surface area contributed by atoms with E-state index in [0.29, 0.717) is 17.0 Å². The van der Waals surface area contributed by atoms with Gasteiger partial charge in [-0.15, -0.1) is 0 Å². The number of sulfonamides is 1. The van der Waals surface area contributed by atoms with Crippen molar-refractivity contribution in [2.24, 2.45) is 0 Å². The Morgan fingerprint density at radius 1 is 1.12 bits per heavy atom. The van der Waals surface area contributed by atoms with Crippen LogP contribution in [0.25, 0.3) is 0 Å². The van der Waals surface area contributed by atoms with Crippen LogP contribution < -0.4 is 10.1 Å². The third kappa shape index (κ3) is 4.58. The Kier molecular flexibility index (Phi) is 5.81. The minimum Gasteiger partial charge on any atom is -0.481 e. The number of carbonyl (C=O) groups is 1. The molecule has 0 saturated heterocycles. The van der Waals surface area contributed by atoms with Gasteiger partial charge in [0.2, 0.25) is 10.0 Å². The average Bonchev–Trinajstić information content (AvgIpc) is 2.57.